The zero-order valence-corrected chi connectivity index (χ0v) is 11.2. The Balaban J connectivity index is 3.10. The van der Waals surface area contributed by atoms with Crippen molar-refractivity contribution in [2.75, 3.05) is 25.7 Å². The third kappa shape index (κ3) is 3.21. The molecule has 1 rings (SSSR count). The van der Waals surface area contributed by atoms with E-state index in [-0.39, 0.29) is 0 Å². The normalized spacial score (nSPS) is 12.6. The van der Waals surface area contributed by atoms with Crippen LogP contribution in [0.1, 0.15) is 13.3 Å². The standard InChI is InChI=1S/C12H19N2OP/c1-5-12(13-2)14-10-8-6-7-9-11(10)16(3,4)15/h6-9H,5H2,1-4H3,(H,13,14). The Bertz CT molecular complexity index is 434. The van der Waals surface area contributed by atoms with Crippen molar-refractivity contribution in [1.82, 2.24) is 0 Å². The average Bonchev–Trinajstić information content (AvgIpc) is 2.25. The second-order valence-electron chi connectivity index (χ2n) is 4.02. The van der Waals surface area contributed by atoms with Gasteiger partial charge in [0.15, 0.2) is 0 Å². The third-order valence-electron chi connectivity index (χ3n) is 2.37. The van der Waals surface area contributed by atoms with E-state index < -0.39 is 7.14 Å². The molecule has 0 aromatic heterocycles. The molecule has 0 aliphatic rings. The van der Waals surface area contributed by atoms with Gasteiger partial charge in [-0.2, -0.15) is 0 Å². The Morgan fingerprint density at radius 2 is 2.00 bits per heavy atom. The van der Waals surface area contributed by atoms with Crippen molar-refractivity contribution in [3.8, 4) is 0 Å². The molecule has 0 aliphatic heterocycles. The van der Waals surface area contributed by atoms with Gasteiger partial charge in [0.05, 0.1) is 5.69 Å². The van der Waals surface area contributed by atoms with E-state index >= 15 is 0 Å². The van der Waals surface area contributed by atoms with Crippen LogP contribution < -0.4 is 10.6 Å². The lowest BCUT2D eigenvalue weighted by Gasteiger charge is -2.15. The summed E-state index contributed by atoms with van der Waals surface area (Å²) in [6, 6.07) is 7.70. The van der Waals surface area contributed by atoms with Crippen molar-refractivity contribution in [2.24, 2.45) is 4.99 Å². The molecular formula is C12H19N2OP. The molecule has 1 aromatic rings. The Hall–Kier alpha value is -1.08. The van der Waals surface area contributed by atoms with E-state index in [0.29, 0.717) is 0 Å². The highest BCUT2D eigenvalue weighted by atomic mass is 31.2. The van der Waals surface area contributed by atoms with Gasteiger partial charge < -0.3 is 9.88 Å². The summed E-state index contributed by atoms with van der Waals surface area (Å²) in [5, 5.41) is 4.11. The quantitative estimate of drug-likeness (QED) is 0.500. The molecule has 0 heterocycles. The number of rotatable bonds is 3. The topological polar surface area (TPSA) is 41.5 Å². The van der Waals surface area contributed by atoms with Gasteiger partial charge in [0.25, 0.3) is 0 Å². The van der Waals surface area contributed by atoms with Crippen molar-refractivity contribution in [3.63, 3.8) is 0 Å². The molecule has 3 nitrogen and oxygen atoms in total. The lowest BCUT2D eigenvalue weighted by atomic mass is 10.3. The monoisotopic (exact) mass is 238 g/mol. The van der Waals surface area contributed by atoms with E-state index in [4.69, 9.17) is 0 Å². The molecule has 0 amide bonds. The van der Waals surface area contributed by atoms with Gasteiger partial charge in [0.2, 0.25) is 0 Å². The van der Waals surface area contributed by atoms with Crippen LogP contribution >= 0.6 is 7.14 Å². The summed E-state index contributed by atoms with van der Waals surface area (Å²) >= 11 is 0. The van der Waals surface area contributed by atoms with Crippen LogP contribution in [0.4, 0.5) is 5.69 Å². The summed E-state index contributed by atoms with van der Waals surface area (Å²) in [6.45, 7) is 5.60. The molecule has 0 bridgehead atoms. The average molecular weight is 238 g/mol. The molecular weight excluding hydrogens is 219 g/mol. The summed E-state index contributed by atoms with van der Waals surface area (Å²) in [6.07, 6.45) is 0.836. The van der Waals surface area contributed by atoms with Crippen LogP contribution in [0.3, 0.4) is 0 Å². The fourth-order valence-electron chi connectivity index (χ4n) is 1.51. The van der Waals surface area contributed by atoms with Gasteiger partial charge in [-0.1, -0.05) is 19.1 Å². The van der Waals surface area contributed by atoms with Crippen molar-refractivity contribution in [2.45, 2.75) is 13.3 Å². The Kier molecular flexibility index (Phi) is 4.31. The maximum absolute atomic E-state index is 12.1. The van der Waals surface area contributed by atoms with Gasteiger partial charge >= 0.3 is 0 Å². The highest BCUT2D eigenvalue weighted by Gasteiger charge is 2.15. The van der Waals surface area contributed by atoms with E-state index in [1.807, 2.05) is 31.2 Å². The summed E-state index contributed by atoms with van der Waals surface area (Å²) in [7, 11) is -0.494. The van der Waals surface area contributed by atoms with Crippen LogP contribution in [0.2, 0.25) is 0 Å². The van der Waals surface area contributed by atoms with Gasteiger partial charge in [0.1, 0.15) is 13.0 Å². The summed E-state index contributed by atoms with van der Waals surface area (Å²) in [5.41, 5.74) is 0.901. The first-order chi connectivity index (χ1) is 7.49. The lowest BCUT2D eigenvalue weighted by Crippen LogP contribution is -2.17. The number of aliphatic imine (C=N–C) groups is 1. The van der Waals surface area contributed by atoms with Crippen LogP contribution in [0.15, 0.2) is 29.3 Å². The molecule has 0 fully saturated rings. The summed E-state index contributed by atoms with van der Waals surface area (Å²) < 4.78 is 12.1. The van der Waals surface area contributed by atoms with Gasteiger partial charge in [0, 0.05) is 18.8 Å². The molecule has 0 radical (unpaired) electrons. The van der Waals surface area contributed by atoms with Crippen molar-refractivity contribution >= 4 is 24.0 Å². The number of amidine groups is 1. The highest BCUT2D eigenvalue weighted by molar-refractivity contribution is 7.70. The number of hydrogen-bond acceptors (Lipinski definition) is 2. The van der Waals surface area contributed by atoms with Crippen molar-refractivity contribution in [1.29, 1.82) is 0 Å². The summed E-state index contributed by atoms with van der Waals surface area (Å²) in [4.78, 5) is 4.14. The van der Waals surface area contributed by atoms with Crippen LogP contribution in [-0.2, 0) is 4.57 Å². The largest absolute Gasteiger partial charge is 0.343 e. The molecule has 4 heteroatoms. The molecule has 0 saturated carbocycles. The third-order valence-corrected chi connectivity index (χ3v) is 3.92. The molecule has 0 spiro atoms. The second-order valence-corrected chi connectivity index (χ2v) is 7.20. The molecule has 0 atom stereocenters. The first kappa shape index (κ1) is 13.0. The number of benzene rings is 1. The van der Waals surface area contributed by atoms with Gasteiger partial charge in [-0.25, -0.2) is 0 Å². The van der Waals surface area contributed by atoms with Gasteiger partial charge in [-0.3, -0.25) is 4.99 Å². The first-order valence-corrected chi connectivity index (χ1v) is 7.96. The minimum absolute atomic E-state index is 0.836. The molecule has 88 valence electrons. The maximum atomic E-state index is 12.1. The van der Waals surface area contributed by atoms with E-state index in [1.165, 1.54) is 0 Å². The SMILES string of the molecule is CC/C(=N/C)Nc1ccccc1P(C)(C)=O. The van der Waals surface area contributed by atoms with Crippen LogP contribution in [0.5, 0.6) is 0 Å². The Morgan fingerprint density at radius 1 is 1.38 bits per heavy atom. The maximum Gasteiger partial charge on any atom is 0.111 e. The fourth-order valence-corrected chi connectivity index (χ4v) is 2.66. The van der Waals surface area contributed by atoms with E-state index in [2.05, 4.69) is 10.3 Å². The Morgan fingerprint density at radius 3 is 2.50 bits per heavy atom. The van der Waals surface area contributed by atoms with Gasteiger partial charge in [-0.15, -0.1) is 0 Å². The minimum Gasteiger partial charge on any atom is -0.343 e. The summed E-state index contributed by atoms with van der Waals surface area (Å²) in [5.74, 6) is 0.904. The molecule has 0 unspecified atom stereocenters. The van der Waals surface area contributed by atoms with Crippen LogP contribution in [0, 0.1) is 0 Å². The number of nitrogens with zero attached hydrogens (tertiary/aromatic N) is 1. The minimum atomic E-state index is -2.25. The van der Waals surface area contributed by atoms with E-state index in [1.54, 1.807) is 20.4 Å². The second kappa shape index (κ2) is 5.31. The number of anilines is 1. The number of nitrogens with one attached hydrogen (secondary N) is 1. The van der Waals surface area contributed by atoms with Crippen LogP contribution in [-0.4, -0.2) is 26.2 Å². The number of para-hydroxylation sites is 1. The molecule has 1 N–H and O–H groups in total. The van der Waals surface area contributed by atoms with Crippen molar-refractivity contribution in [3.05, 3.63) is 24.3 Å². The number of hydrogen-bond donors (Lipinski definition) is 1. The first-order valence-electron chi connectivity index (χ1n) is 5.36. The fraction of sp³-hybridized carbons (Fsp3) is 0.417. The zero-order chi connectivity index (χ0) is 12.2. The zero-order valence-electron chi connectivity index (χ0n) is 10.3. The molecule has 0 saturated heterocycles. The lowest BCUT2D eigenvalue weighted by molar-refractivity contribution is 0.588. The van der Waals surface area contributed by atoms with Crippen LogP contribution in [0.25, 0.3) is 0 Å². The predicted octanol–water partition coefficient (Wildman–Crippen LogP) is 2.78. The Labute approximate surface area is 97.4 Å². The molecule has 16 heavy (non-hydrogen) atoms. The van der Waals surface area contributed by atoms with E-state index in [9.17, 15) is 4.57 Å². The van der Waals surface area contributed by atoms with E-state index in [0.717, 1.165) is 23.2 Å². The van der Waals surface area contributed by atoms with Crippen molar-refractivity contribution < 1.29 is 4.57 Å². The predicted molar refractivity (Wildman–Crippen MR) is 72.8 cm³/mol. The molecule has 1 aromatic carbocycles. The molecule has 0 aliphatic carbocycles. The highest BCUT2D eigenvalue weighted by Crippen LogP contribution is 2.37. The smallest absolute Gasteiger partial charge is 0.111 e. The van der Waals surface area contributed by atoms with Gasteiger partial charge in [-0.05, 0) is 25.5 Å².